The Kier molecular flexibility index (Phi) is 5.34. The Morgan fingerprint density at radius 2 is 2.29 bits per heavy atom. The van der Waals surface area contributed by atoms with Gasteiger partial charge in [0.25, 0.3) is 0 Å². The van der Waals surface area contributed by atoms with Crippen LogP contribution in [-0.2, 0) is 15.8 Å². The SMILES string of the molecule is CNC[C@@H]1CCCN(S(=O)(=O)Cc2cccc(C#N)c2)C1. The van der Waals surface area contributed by atoms with E-state index in [0.29, 0.717) is 30.1 Å². The zero-order valence-electron chi connectivity index (χ0n) is 12.2. The van der Waals surface area contributed by atoms with Crippen molar-refractivity contribution in [2.45, 2.75) is 18.6 Å². The highest BCUT2D eigenvalue weighted by Gasteiger charge is 2.28. The molecule has 0 radical (unpaired) electrons. The van der Waals surface area contributed by atoms with Gasteiger partial charge in [-0.15, -0.1) is 0 Å². The molecule has 0 aliphatic carbocycles. The summed E-state index contributed by atoms with van der Waals surface area (Å²) in [4.78, 5) is 0. The number of nitrogens with one attached hydrogen (secondary N) is 1. The van der Waals surface area contributed by atoms with Crippen LogP contribution < -0.4 is 5.32 Å². The fourth-order valence-electron chi connectivity index (χ4n) is 2.77. The number of nitriles is 1. The second kappa shape index (κ2) is 7.03. The first kappa shape index (κ1) is 16.0. The molecule has 5 nitrogen and oxygen atoms in total. The summed E-state index contributed by atoms with van der Waals surface area (Å²) in [5.74, 6) is 0.346. The Bertz CT molecular complexity index is 620. The van der Waals surface area contributed by atoms with Gasteiger partial charge in [-0.1, -0.05) is 12.1 Å². The Morgan fingerprint density at radius 3 is 3.00 bits per heavy atom. The largest absolute Gasteiger partial charge is 0.319 e. The molecule has 0 unspecified atom stereocenters. The molecule has 114 valence electrons. The van der Waals surface area contributed by atoms with Crippen LogP contribution in [0.2, 0.25) is 0 Å². The zero-order chi connectivity index (χ0) is 15.3. The highest BCUT2D eigenvalue weighted by atomic mass is 32.2. The van der Waals surface area contributed by atoms with Crippen LogP contribution in [0.5, 0.6) is 0 Å². The first-order valence-electron chi connectivity index (χ1n) is 7.16. The van der Waals surface area contributed by atoms with E-state index in [-0.39, 0.29) is 5.75 Å². The molecule has 1 aromatic rings. The molecular formula is C15H21N3O2S. The molecule has 2 rings (SSSR count). The third-order valence-corrected chi connectivity index (χ3v) is 5.59. The molecule has 1 N–H and O–H groups in total. The van der Waals surface area contributed by atoms with Gasteiger partial charge in [0.05, 0.1) is 17.4 Å². The van der Waals surface area contributed by atoms with Crippen LogP contribution in [0.15, 0.2) is 24.3 Å². The second-order valence-corrected chi connectivity index (χ2v) is 7.46. The first-order valence-corrected chi connectivity index (χ1v) is 8.77. The summed E-state index contributed by atoms with van der Waals surface area (Å²) in [6.45, 7) is 2.03. The van der Waals surface area contributed by atoms with E-state index in [1.807, 2.05) is 13.1 Å². The smallest absolute Gasteiger partial charge is 0.218 e. The van der Waals surface area contributed by atoms with E-state index in [0.717, 1.165) is 19.4 Å². The summed E-state index contributed by atoms with van der Waals surface area (Å²) in [6, 6.07) is 8.85. The summed E-state index contributed by atoms with van der Waals surface area (Å²) >= 11 is 0. The number of hydrogen-bond acceptors (Lipinski definition) is 4. The van der Waals surface area contributed by atoms with E-state index in [1.165, 1.54) is 0 Å². The minimum atomic E-state index is -3.32. The molecule has 0 amide bonds. The van der Waals surface area contributed by atoms with Gasteiger partial charge >= 0.3 is 0 Å². The minimum Gasteiger partial charge on any atom is -0.319 e. The van der Waals surface area contributed by atoms with Crippen LogP contribution in [0.25, 0.3) is 0 Å². The van der Waals surface area contributed by atoms with E-state index < -0.39 is 10.0 Å². The van der Waals surface area contributed by atoms with Gasteiger partial charge < -0.3 is 5.32 Å². The number of benzene rings is 1. The monoisotopic (exact) mass is 307 g/mol. The number of piperidine rings is 1. The molecule has 1 aromatic carbocycles. The Labute approximate surface area is 126 Å². The molecule has 21 heavy (non-hydrogen) atoms. The second-order valence-electron chi connectivity index (χ2n) is 5.49. The van der Waals surface area contributed by atoms with Gasteiger partial charge in [0.2, 0.25) is 10.0 Å². The normalized spacial score (nSPS) is 20.1. The Morgan fingerprint density at radius 1 is 1.48 bits per heavy atom. The van der Waals surface area contributed by atoms with Crippen LogP contribution in [0, 0.1) is 17.2 Å². The van der Waals surface area contributed by atoms with E-state index in [4.69, 9.17) is 5.26 Å². The van der Waals surface area contributed by atoms with Gasteiger partial charge in [-0.3, -0.25) is 0 Å². The predicted octanol–water partition coefficient (Wildman–Crippen LogP) is 1.32. The van der Waals surface area contributed by atoms with Crippen LogP contribution in [0.1, 0.15) is 24.0 Å². The van der Waals surface area contributed by atoms with Crippen molar-refractivity contribution in [2.75, 3.05) is 26.7 Å². The molecule has 1 aliphatic rings. The van der Waals surface area contributed by atoms with E-state index in [1.54, 1.807) is 28.6 Å². The molecular weight excluding hydrogens is 286 g/mol. The summed E-state index contributed by atoms with van der Waals surface area (Å²) < 4.78 is 26.6. The van der Waals surface area contributed by atoms with Gasteiger partial charge in [0.1, 0.15) is 0 Å². The van der Waals surface area contributed by atoms with E-state index in [9.17, 15) is 8.42 Å². The molecule has 1 heterocycles. The van der Waals surface area contributed by atoms with Crippen LogP contribution >= 0.6 is 0 Å². The number of nitrogens with zero attached hydrogens (tertiary/aromatic N) is 2. The van der Waals surface area contributed by atoms with Crippen molar-refractivity contribution in [3.63, 3.8) is 0 Å². The highest BCUT2D eigenvalue weighted by molar-refractivity contribution is 7.88. The van der Waals surface area contributed by atoms with Crippen molar-refractivity contribution < 1.29 is 8.42 Å². The van der Waals surface area contributed by atoms with Crippen LogP contribution in [0.4, 0.5) is 0 Å². The fourth-order valence-corrected chi connectivity index (χ4v) is 4.40. The van der Waals surface area contributed by atoms with Crippen molar-refractivity contribution in [1.82, 2.24) is 9.62 Å². The summed E-state index contributed by atoms with van der Waals surface area (Å²) in [5.41, 5.74) is 1.17. The summed E-state index contributed by atoms with van der Waals surface area (Å²) in [6.07, 6.45) is 1.97. The van der Waals surface area contributed by atoms with Crippen molar-refractivity contribution in [3.05, 3.63) is 35.4 Å². The lowest BCUT2D eigenvalue weighted by molar-refractivity contribution is 0.263. The van der Waals surface area contributed by atoms with E-state index >= 15 is 0 Å². The average Bonchev–Trinajstić information content (AvgIpc) is 2.48. The van der Waals surface area contributed by atoms with Gasteiger partial charge in [0.15, 0.2) is 0 Å². The van der Waals surface area contributed by atoms with Gasteiger partial charge in [0, 0.05) is 13.1 Å². The van der Waals surface area contributed by atoms with Gasteiger partial charge in [-0.25, -0.2) is 12.7 Å². The zero-order valence-corrected chi connectivity index (χ0v) is 13.1. The lowest BCUT2D eigenvalue weighted by atomic mass is 10.00. The number of sulfonamides is 1. The van der Waals surface area contributed by atoms with Crippen molar-refractivity contribution >= 4 is 10.0 Å². The average molecular weight is 307 g/mol. The molecule has 1 atom stereocenters. The lowest BCUT2D eigenvalue weighted by Crippen LogP contribution is -2.42. The third-order valence-electron chi connectivity index (χ3n) is 3.77. The van der Waals surface area contributed by atoms with Crippen LogP contribution in [0.3, 0.4) is 0 Å². The molecule has 1 aliphatic heterocycles. The molecule has 0 bridgehead atoms. The minimum absolute atomic E-state index is 0.0329. The molecule has 0 saturated carbocycles. The first-order chi connectivity index (χ1) is 10.0. The third kappa shape index (κ3) is 4.27. The molecule has 1 fully saturated rings. The highest BCUT2D eigenvalue weighted by Crippen LogP contribution is 2.21. The maximum absolute atomic E-state index is 12.5. The predicted molar refractivity (Wildman–Crippen MR) is 82.0 cm³/mol. The lowest BCUT2D eigenvalue weighted by Gasteiger charge is -2.31. The molecule has 1 saturated heterocycles. The van der Waals surface area contributed by atoms with Crippen molar-refractivity contribution in [3.8, 4) is 6.07 Å². The summed E-state index contributed by atoms with van der Waals surface area (Å²) in [5, 5.41) is 12.0. The Hall–Kier alpha value is -1.42. The fraction of sp³-hybridized carbons (Fsp3) is 0.533. The van der Waals surface area contributed by atoms with Crippen molar-refractivity contribution in [1.29, 1.82) is 5.26 Å². The quantitative estimate of drug-likeness (QED) is 0.890. The van der Waals surface area contributed by atoms with Gasteiger partial charge in [-0.2, -0.15) is 5.26 Å². The maximum atomic E-state index is 12.5. The number of hydrogen-bond donors (Lipinski definition) is 1. The van der Waals surface area contributed by atoms with E-state index in [2.05, 4.69) is 5.32 Å². The topological polar surface area (TPSA) is 73.2 Å². The molecule has 0 aromatic heterocycles. The maximum Gasteiger partial charge on any atom is 0.218 e. The summed E-state index contributed by atoms with van der Waals surface area (Å²) in [7, 11) is -1.43. The standard InChI is InChI=1S/C15H21N3O2S/c1-17-10-15-6-3-7-18(11-15)21(19,20)12-14-5-2-4-13(8-14)9-16/h2,4-5,8,15,17H,3,6-7,10-12H2,1H3/t15-/m0/s1. The van der Waals surface area contributed by atoms with Crippen molar-refractivity contribution in [2.24, 2.45) is 5.92 Å². The number of rotatable bonds is 5. The van der Waals surface area contributed by atoms with Gasteiger partial charge in [-0.05, 0) is 50.0 Å². The molecule has 0 spiro atoms. The molecule has 6 heteroatoms. The Balaban J connectivity index is 2.09. The van der Waals surface area contributed by atoms with Crippen LogP contribution in [-0.4, -0.2) is 39.4 Å².